The van der Waals surface area contributed by atoms with Gasteiger partial charge in [0, 0.05) is 17.0 Å². The monoisotopic (exact) mass is 239 g/mol. The average molecular weight is 240 g/mol. The van der Waals surface area contributed by atoms with Crippen LogP contribution in [0.5, 0.6) is 0 Å². The van der Waals surface area contributed by atoms with E-state index in [4.69, 9.17) is 17.3 Å². The van der Waals surface area contributed by atoms with Crippen molar-refractivity contribution >= 4 is 17.4 Å². The van der Waals surface area contributed by atoms with E-state index in [-0.39, 0.29) is 5.78 Å². The van der Waals surface area contributed by atoms with E-state index in [1.54, 1.807) is 6.07 Å². The molecule has 0 atom stereocenters. The van der Waals surface area contributed by atoms with E-state index in [9.17, 15) is 4.79 Å². The van der Waals surface area contributed by atoms with Crippen molar-refractivity contribution in [2.75, 3.05) is 6.54 Å². The fraction of sp³-hybridized carbons (Fsp3) is 0.462. The van der Waals surface area contributed by atoms with Crippen molar-refractivity contribution in [1.29, 1.82) is 0 Å². The summed E-state index contributed by atoms with van der Waals surface area (Å²) >= 11 is 5.97. The number of benzene rings is 1. The predicted octanol–water partition coefficient (Wildman–Crippen LogP) is 3.35. The molecule has 16 heavy (non-hydrogen) atoms. The highest BCUT2D eigenvalue weighted by Crippen LogP contribution is 2.18. The van der Waals surface area contributed by atoms with Gasteiger partial charge in [-0.1, -0.05) is 30.2 Å². The molecular formula is C13H18ClNO. The van der Waals surface area contributed by atoms with Crippen LogP contribution in [0.15, 0.2) is 18.2 Å². The van der Waals surface area contributed by atoms with Crippen LogP contribution in [0.25, 0.3) is 0 Å². The normalized spacial score (nSPS) is 10.4. The van der Waals surface area contributed by atoms with Crippen molar-refractivity contribution in [3.63, 3.8) is 0 Å². The molecule has 0 aliphatic heterocycles. The minimum Gasteiger partial charge on any atom is -0.330 e. The molecule has 1 aromatic rings. The van der Waals surface area contributed by atoms with E-state index in [0.717, 1.165) is 24.8 Å². The molecule has 0 aliphatic carbocycles. The standard InChI is InChI=1S/C13H18ClNO/c1-10-6-7-11(9-12(10)14)13(16)5-3-2-4-8-15/h6-7,9H,2-5,8,15H2,1H3. The van der Waals surface area contributed by atoms with Crippen molar-refractivity contribution in [2.45, 2.75) is 32.6 Å². The van der Waals surface area contributed by atoms with Gasteiger partial charge in [0.1, 0.15) is 0 Å². The molecule has 88 valence electrons. The molecule has 0 saturated heterocycles. The Morgan fingerprint density at radius 2 is 2.06 bits per heavy atom. The summed E-state index contributed by atoms with van der Waals surface area (Å²) < 4.78 is 0. The lowest BCUT2D eigenvalue weighted by atomic mass is 10.0. The molecule has 0 amide bonds. The van der Waals surface area contributed by atoms with Crippen molar-refractivity contribution in [1.82, 2.24) is 0 Å². The van der Waals surface area contributed by atoms with Crippen molar-refractivity contribution in [2.24, 2.45) is 5.73 Å². The number of hydrogen-bond acceptors (Lipinski definition) is 2. The molecule has 2 N–H and O–H groups in total. The predicted molar refractivity (Wildman–Crippen MR) is 68.0 cm³/mol. The Morgan fingerprint density at radius 3 is 2.69 bits per heavy atom. The highest BCUT2D eigenvalue weighted by atomic mass is 35.5. The van der Waals surface area contributed by atoms with Crippen LogP contribution in [0, 0.1) is 6.92 Å². The van der Waals surface area contributed by atoms with Crippen LogP contribution in [0.3, 0.4) is 0 Å². The topological polar surface area (TPSA) is 43.1 Å². The number of nitrogens with two attached hydrogens (primary N) is 1. The van der Waals surface area contributed by atoms with Gasteiger partial charge >= 0.3 is 0 Å². The third-order valence-electron chi connectivity index (χ3n) is 2.60. The summed E-state index contributed by atoms with van der Waals surface area (Å²) in [5.74, 6) is 0.166. The Labute approximate surface area is 102 Å². The fourth-order valence-electron chi connectivity index (χ4n) is 1.52. The number of hydrogen-bond donors (Lipinski definition) is 1. The first-order chi connectivity index (χ1) is 7.65. The number of halogens is 1. The maximum atomic E-state index is 11.8. The number of carbonyl (C=O) groups excluding carboxylic acids is 1. The lowest BCUT2D eigenvalue weighted by Crippen LogP contribution is -2.01. The Bertz CT molecular complexity index is 363. The molecule has 0 saturated carbocycles. The van der Waals surface area contributed by atoms with Crippen LogP contribution in [0.1, 0.15) is 41.6 Å². The van der Waals surface area contributed by atoms with Crippen LogP contribution in [-0.2, 0) is 0 Å². The third-order valence-corrected chi connectivity index (χ3v) is 3.01. The zero-order valence-electron chi connectivity index (χ0n) is 9.63. The second kappa shape index (κ2) is 6.66. The van der Waals surface area contributed by atoms with Crippen molar-refractivity contribution in [3.8, 4) is 0 Å². The lowest BCUT2D eigenvalue weighted by molar-refractivity contribution is 0.0979. The summed E-state index contributed by atoms with van der Waals surface area (Å²) in [6, 6.07) is 5.48. The Morgan fingerprint density at radius 1 is 1.31 bits per heavy atom. The molecule has 0 bridgehead atoms. The maximum Gasteiger partial charge on any atom is 0.162 e. The van der Waals surface area contributed by atoms with Crippen LogP contribution >= 0.6 is 11.6 Å². The van der Waals surface area contributed by atoms with E-state index in [1.807, 2.05) is 19.1 Å². The Balaban J connectivity index is 2.50. The molecule has 0 radical (unpaired) electrons. The first kappa shape index (κ1) is 13.2. The van der Waals surface area contributed by atoms with Gasteiger partial charge in [0.15, 0.2) is 5.78 Å². The van der Waals surface area contributed by atoms with Gasteiger partial charge in [0.2, 0.25) is 0 Å². The third kappa shape index (κ3) is 3.95. The molecule has 1 rings (SSSR count). The molecule has 0 spiro atoms. The second-order valence-corrected chi connectivity index (χ2v) is 4.39. The highest BCUT2D eigenvalue weighted by molar-refractivity contribution is 6.31. The van der Waals surface area contributed by atoms with E-state index in [2.05, 4.69) is 0 Å². The highest BCUT2D eigenvalue weighted by Gasteiger charge is 2.06. The van der Waals surface area contributed by atoms with Gasteiger partial charge < -0.3 is 5.73 Å². The number of aryl methyl sites for hydroxylation is 1. The van der Waals surface area contributed by atoms with E-state index in [1.165, 1.54) is 0 Å². The molecule has 3 heteroatoms. The molecule has 1 aromatic carbocycles. The van der Waals surface area contributed by atoms with E-state index in [0.29, 0.717) is 23.6 Å². The first-order valence-electron chi connectivity index (χ1n) is 5.64. The molecule has 0 heterocycles. The number of ketones is 1. The second-order valence-electron chi connectivity index (χ2n) is 3.99. The van der Waals surface area contributed by atoms with Gasteiger partial charge in [-0.25, -0.2) is 0 Å². The number of Topliss-reactive ketones (excluding diaryl/α,β-unsaturated/α-hetero) is 1. The molecule has 0 unspecified atom stereocenters. The van der Waals surface area contributed by atoms with Gasteiger partial charge in [-0.15, -0.1) is 0 Å². The summed E-state index contributed by atoms with van der Waals surface area (Å²) in [7, 11) is 0. The van der Waals surface area contributed by atoms with E-state index < -0.39 is 0 Å². The van der Waals surface area contributed by atoms with E-state index >= 15 is 0 Å². The summed E-state index contributed by atoms with van der Waals surface area (Å²) in [5, 5.41) is 0.660. The van der Waals surface area contributed by atoms with Crippen LogP contribution in [0.4, 0.5) is 0 Å². The zero-order chi connectivity index (χ0) is 12.0. The first-order valence-corrected chi connectivity index (χ1v) is 6.02. The molecule has 2 nitrogen and oxygen atoms in total. The van der Waals surface area contributed by atoms with Crippen molar-refractivity contribution in [3.05, 3.63) is 34.3 Å². The smallest absolute Gasteiger partial charge is 0.162 e. The number of unbranched alkanes of at least 4 members (excludes halogenated alkanes) is 2. The summed E-state index contributed by atoms with van der Waals surface area (Å²) in [6.07, 6.45) is 3.49. The molecular weight excluding hydrogens is 222 g/mol. The molecule has 0 aliphatic rings. The van der Waals surface area contributed by atoms with Gasteiger partial charge in [-0.2, -0.15) is 0 Å². The molecule has 0 fully saturated rings. The number of carbonyl (C=O) groups is 1. The van der Waals surface area contributed by atoms with Crippen LogP contribution in [-0.4, -0.2) is 12.3 Å². The average Bonchev–Trinajstić information content (AvgIpc) is 2.28. The summed E-state index contributed by atoms with van der Waals surface area (Å²) in [4.78, 5) is 11.8. The molecule has 0 aromatic heterocycles. The Hall–Kier alpha value is -0.860. The summed E-state index contributed by atoms with van der Waals surface area (Å²) in [6.45, 7) is 2.63. The van der Waals surface area contributed by atoms with Gasteiger partial charge in [-0.3, -0.25) is 4.79 Å². The zero-order valence-corrected chi connectivity index (χ0v) is 10.4. The van der Waals surface area contributed by atoms with Crippen molar-refractivity contribution < 1.29 is 4.79 Å². The summed E-state index contributed by atoms with van der Waals surface area (Å²) in [5.41, 5.74) is 7.10. The van der Waals surface area contributed by atoms with Gasteiger partial charge in [0.25, 0.3) is 0 Å². The maximum absolute atomic E-state index is 11.8. The fourth-order valence-corrected chi connectivity index (χ4v) is 1.70. The Kier molecular flexibility index (Phi) is 5.50. The lowest BCUT2D eigenvalue weighted by Gasteiger charge is -2.03. The van der Waals surface area contributed by atoms with Crippen LogP contribution < -0.4 is 5.73 Å². The quantitative estimate of drug-likeness (QED) is 0.611. The SMILES string of the molecule is Cc1ccc(C(=O)CCCCCN)cc1Cl. The number of rotatable bonds is 6. The van der Waals surface area contributed by atoms with Gasteiger partial charge in [-0.05, 0) is 37.9 Å². The van der Waals surface area contributed by atoms with Gasteiger partial charge in [0.05, 0.1) is 0 Å². The minimum absolute atomic E-state index is 0.166. The largest absolute Gasteiger partial charge is 0.330 e. The minimum atomic E-state index is 0.166. The van der Waals surface area contributed by atoms with Crippen LogP contribution in [0.2, 0.25) is 5.02 Å².